The molecular weight excluding hydrogens is 270 g/mol. The number of carbonyl (C=O) groups is 2. The smallest absolute Gasteiger partial charge is 0.337 e. The lowest BCUT2D eigenvalue weighted by molar-refractivity contribution is 0.0698. The normalized spacial score (nSPS) is 15.5. The summed E-state index contributed by atoms with van der Waals surface area (Å²) in [6.07, 6.45) is 5.41. The molecule has 0 atom stereocenters. The van der Waals surface area contributed by atoms with E-state index in [9.17, 15) is 14.7 Å². The number of carbonyl (C=O) groups excluding carboxylic acids is 1. The molecule has 1 aliphatic rings. The summed E-state index contributed by atoms with van der Waals surface area (Å²) in [4.78, 5) is 24.9. The molecule has 2 amide bonds. The van der Waals surface area contributed by atoms with Crippen LogP contribution in [0.25, 0.3) is 0 Å². The molecule has 0 aromatic heterocycles. The summed E-state index contributed by atoms with van der Waals surface area (Å²) in [7, 11) is 1.57. The average molecular weight is 291 g/mol. The average Bonchev–Trinajstić information content (AvgIpc) is 2.47. The number of nitrogens with two attached hydrogens (primary N) is 1. The summed E-state index contributed by atoms with van der Waals surface area (Å²) in [5.74, 6) is -1.10. The Balaban J connectivity index is 2.13. The summed E-state index contributed by atoms with van der Waals surface area (Å²) in [6.45, 7) is 0. The van der Waals surface area contributed by atoms with Gasteiger partial charge in [0.25, 0.3) is 0 Å². The number of aromatic carboxylic acids is 1. The van der Waals surface area contributed by atoms with Gasteiger partial charge in [0.05, 0.1) is 11.3 Å². The van der Waals surface area contributed by atoms with Crippen LogP contribution in [-0.4, -0.2) is 30.2 Å². The van der Waals surface area contributed by atoms with Gasteiger partial charge in [-0.25, -0.2) is 9.59 Å². The Labute approximate surface area is 123 Å². The van der Waals surface area contributed by atoms with Gasteiger partial charge in [0, 0.05) is 18.8 Å². The minimum absolute atomic E-state index is 0.0243. The Kier molecular flexibility index (Phi) is 4.67. The van der Waals surface area contributed by atoms with Gasteiger partial charge in [-0.15, -0.1) is 0 Å². The first-order chi connectivity index (χ1) is 9.99. The van der Waals surface area contributed by atoms with Gasteiger partial charge < -0.3 is 16.2 Å². The molecule has 0 radical (unpaired) electrons. The summed E-state index contributed by atoms with van der Waals surface area (Å²) in [6, 6.07) is 4.40. The van der Waals surface area contributed by atoms with E-state index in [-0.39, 0.29) is 17.6 Å². The third-order valence-electron chi connectivity index (χ3n) is 3.85. The summed E-state index contributed by atoms with van der Waals surface area (Å²) < 4.78 is 0. The van der Waals surface area contributed by atoms with Crippen LogP contribution in [-0.2, 0) is 0 Å². The van der Waals surface area contributed by atoms with Crippen LogP contribution in [0.4, 0.5) is 16.2 Å². The number of nitrogens with one attached hydrogen (secondary N) is 1. The van der Waals surface area contributed by atoms with Crippen molar-refractivity contribution in [2.24, 2.45) is 0 Å². The number of anilines is 2. The number of rotatable bonds is 3. The second-order valence-corrected chi connectivity index (χ2v) is 5.43. The molecule has 4 N–H and O–H groups in total. The molecule has 21 heavy (non-hydrogen) atoms. The third kappa shape index (κ3) is 3.65. The fourth-order valence-electron chi connectivity index (χ4n) is 2.65. The third-order valence-corrected chi connectivity index (χ3v) is 3.85. The van der Waals surface area contributed by atoms with Gasteiger partial charge in [-0.1, -0.05) is 19.3 Å². The second-order valence-electron chi connectivity index (χ2n) is 5.43. The van der Waals surface area contributed by atoms with Crippen molar-refractivity contribution in [3.8, 4) is 0 Å². The highest BCUT2D eigenvalue weighted by Crippen LogP contribution is 2.23. The number of amides is 2. The Morgan fingerprint density at radius 1 is 1.29 bits per heavy atom. The van der Waals surface area contributed by atoms with Crippen molar-refractivity contribution in [3.05, 3.63) is 23.8 Å². The second kappa shape index (κ2) is 6.47. The highest BCUT2D eigenvalue weighted by Gasteiger charge is 2.22. The molecule has 2 rings (SSSR count). The van der Waals surface area contributed by atoms with Crippen molar-refractivity contribution >= 4 is 23.4 Å². The fourth-order valence-corrected chi connectivity index (χ4v) is 2.65. The van der Waals surface area contributed by atoms with Gasteiger partial charge in [-0.3, -0.25) is 4.90 Å². The number of carboxylic acid groups (broad SMARTS) is 1. The van der Waals surface area contributed by atoms with Crippen LogP contribution in [0.5, 0.6) is 0 Å². The topological polar surface area (TPSA) is 95.7 Å². The lowest BCUT2D eigenvalue weighted by atomic mass is 9.96. The minimum atomic E-state index is -1.10. The lowest BCUT2D eigenvalue weighted by Gasteiger charge is -2.26. The molecule has 6 nitrogen and oxygen atoms in total. The molecule has 0 saturated heterocycles. The zero-order valence-electron chi connectivity index (χ0n) is 12.1. The van der Waals surface area contributed by atoms with Crippen molar-refractivity contribution in [3.63, 3.8) is 0 Å². The van der Waals surface area contributed by atoms with E-state index in [0.717, 1.165) is 25.7 Å². The highest BCUT2D eigenvalue weighted by atomic mass is 16.4. The van der Waals surface area contributed by atoms with Crippen LogP contribution in [0, 0.1) is 0 Å². The molecule has 0 heterocycles. The van der Waals surface area contributed by atoms with Gasteiger partial charge in [0.2, 0.25) is 0 Å². The van der Waals surface area contributed by atoms with Crippen molar-refractivity contribution < 1.29 is 14.7 Å². The molecule has 0 spiro atoms. The van der Waals surface area contributed by atoms with Crippen molar-refractivity contribution in [1.82, 2.24) is 5.32 Å². The first-order valence-electron chi connectivity index (χ1n) is 7.16. The monoisotopic (exact) mass is 291 g/mol. The van der Waals surface area contributed by atoms with Crippen molar-refractivity contribution in [2.75, 3.05) is 17.7 Å². The van der Waals surface area contributed by atoms with Gasteiger partial charge in [0.1, 0.15) is 0 Å². The Morgan fingerprint density at radius 3 is 2.57 bits per heavy atom. The van der Waals surface area contributed by atoms with Gasteiger partial charge in [0.15, 0.2) is 0 Å². The molecule has 1 fully saturated rings. The molecule has 6 heteroatoms. The standard InChI is InChI=1S/C15H21N3O3/c1-18(15(21)17-11-5-3-2-4-6-11)13-8-7-10(16)9-12(13)14(19)20/h7-9,11H,2-6,16H2,1H3,(H,17,21)(H,19,20). The van der Waals surface area contributed by atoms with Gasteiger partial charge in [-0.05, 0) is 31.0 Å². The SMILES string of the molecule is CN(C(=O)NC1CCCCC1)c1ccc(N)cc1C(=O)O. The largest absolute Gasteiger partial charge is 0.478 e. The van der Waals surface area contributed by atoms with E-state index in [0.29, 0.717) is 11.4 Å². The fraction of sp³-hybridized carbons (Fsp3) is 0.467. The van der Waals surface area contributed by atoms with Crippen molar-refractivity contribution in [2.45, 2.75) is 38.1 Å². The van der Waals surface area contributed by atoms with E-state index in [1.165, 1.54) is 17.4 Å². The Morgan fingerprint density at radius 2 is 1.95 bits per heavy atom. The van der Waals surface area contributed by atoms with E-state index in [2.05, 4.69) is 5.32 Å². The zero-order valence-corrected chi connectivity index (χ0v) is 12.1. The summed E-state index contributed by atoms with van der Waals surface area (Å²) in [5, 5.41) is 12.2. The summed E-state index contributed by atoms with van der Waals surface area (Å²) >= 11 is 0. The first kappa shape index (κ1) is 15.2. The maximum Gasteiger partial charge on any atom is 0.337 e. The van der Waals surface area contributed by atoms with Crippen LogP contribution in [0.2, 0.25) is 0 Å². The molecule has 1 aromatic carbocycles. The first-order valence-corrected chi connectivity index (χ1v) is 7.16. The molecular formula is C15H21N3O3. The van der Waals surface area contributed by atoms with Gasteiger partial charge in [-0.2, -0.15) is 0 Å². The zero-order chi connectivity index (χ0) is 15.4. The number of benzene rings is 1. The number of nitrogens with zero attached hydrogens (tertiary/aromatic N) is 1. The molecule has 114 valence electrons. The quantitative estimate of drug-likeness (QED) is 0.745. The minimum Gasteiger partial charge on any atom is -0.478 e. The highest BCUT2D eigenvalue weighted by molar-refractivity contribution is 6.01. The van der Waals surface area contributed by atoms with E-state index in [1.54, 1.807) is 19.2 Å². The van der Waals surface area contributed by atoms with E-state index in [4.69, 9.17) is 5.73 Å². The van der Waals surface area contributed by atoms with E-state index < -0.39 is 5.97 Å². The summed E-state index contributed by atoms with van der Waals surface area (Å²) in [5.41, 5.74) is 6.33. The molecule has 0 bridgehead atoms. The molecule has 1 saturated carbocycles. The number of carboxylic acids is 1. The number of nitrogen functional groups attached to an aromatic ring is 1. The lowest BCUT2D eigenvalue weighted by Crippen LogP contribution is -2.44. The van der Waals surface area contributed by atoms with Gasteiger partial charge >= 0.3 is 12.0 Å². The predicted molar refractivity (Wildman–Crippen MR) is 81.6 cm³/mol. The molecule has 0 unspecified atom stereocenters. The molecule has 1 aliphatic carbocycles. The predicted octanol–water partition coefficient (Wildman–Crippen LogP) is 2.45. The maximum absolute atomic E-state index is 12.3. The van der Waals surface area contributed by atoms with Crippen LogP contribution in [0.3, 0.4) is 0 Å². The van der Waals surface area contributed by atoms with Crippen molar-refractivity contribution in [1.29, 1.82) is 0 Å². The van der Waals surface area contributed by atoms with Crippen LogP contribution < -0.4 is 16.0 Å². The van der Waals surface area contributed by atoms with Crippen LogP contribution in [0.1, 0.15) is 42.5 Å². The van der Waals surface area contributed by atoms with Crippen LogP contribution >= 0.6 is 0 Å². The Hall–Kier alpha value is -2.24. The number of hydrogen-bond acceptors (Lipinski definition) is 3. The molecule has 0 aliphatic heterocycles. The van der Waals surface area contributed by atoms with E-state index in [1.807, 2.05) is 0 Å². The molecule has 1 aromatic rings. The Bertz CT molecular complexity index is 539. The maximum atomic E-state index is 12.3. The number of hydrogen-bond donors (Lipinski definition) is 3. The van der Waals surface area contributed by atoms with Crippen LogP contribution in [0.15, 0.2) is 18.2 Å². The number of urea groups is 1. The van der Waals surface area contributed by atoms with E-state index >= 15 is 0 Å².